The van der Waals surface area contributed by atoms with Crippen LogP contribution in [0.5, 0.6) is 0 Å². The van der Waals surface area contributed by atoms with Gasteiger partial charge in [0.15, 0.2) is 0 Å². The van der Waals surface area contributed by atoms with Gasteiger partial charge in [0.05, 0.1) is 17.2 Å². The molecule has 0 atom stereocenters. The van der Waals surface area contributed by atoms with Crippen molar-refractivity contribution in [3.8, 4) is 0 Å². The highest BCUT2D eigenvalue weighted by atomic mass is 35.5. The Bertz CT molecular complexity index is 572. The molecule has 0 saturated carbocycles. The van der Waals surface area contributed by atoms with E-state index in [1.165, 1.54) is 10.8 Å². The van der Waals surface area contributed by atoms with Gasteiger partial charge in [0.1, 0.15) is 5.60 Å². The first-order chi connectivity index (χ1) is 7.87. The SMILES string of the molecule is CC(C)(C)OC(=O)n1ccc2nc(Cl)ncc21. The lowest BCUT2D eigenvalue weighted by Gasteiger charge is -2.19. The van der Waals surface area contributed by atoms with Crippen molar-refractivity contribution >= 4 is 28.7 Å². The molecule has 2 rings (SSSR count). The Morgan fingerprint density at radius 1 is 1.47 bits per heavy atom. The summed E-state index contributed by atoms with van der Waals surface area (Å²) in [6.45, 7) is 5.43. The molecular weight excluding hydrogens is 242 g/mol. The molecule has 0 aliphatic heterocycles. The van der Waals surface area contributed by atoms with Crippen LogP contribution >= 0.6 is 11.6 Å². The Morgan fingerprint density at radius 2 is 2.18 bits per heavy atom. The van der Waals surface area contributed by atoms with Crippen LogP contribution in [0.3, 0.4) is 0 Å². The molecule has 2 heterocycles. The molecule has 90 valence electrons. The Hall–Kier alpha value is -1.62. The fraction of sp³-hybridized carbons (Fsp3) is 0.364. The lowest BCUT2D eigenvalue weighted by molar-refractivity contribution is 0.0544. The van der Waals surface area contributed by atoms with E-state index in [2.05, 4.69) is 9.97 Å². The van der Waals surface area contributed by atoms with E-state index in [4.69, 9.17) is 16.3 Å². The first-order valence-electron chi connectivity index (χ1n) is 5.10. The number of carbonyl (C=O) groups excluding carboxylic acids is 1. The van der Waals surface area contributed by atoms with Crippen molar-refractivity contribution in [3.63, 3.8) is 0 Å². The minimum absolute atomic E-state index is 0.152. The number of halogens is 1. The second-order valence-corrected chi connectivity index (χ2v) is 4.91. The van der Waals surface area contributed by atoms with Gasteiger partial charge >= 0.3 is 6.09 Å². The molecule has 2 aromatic rings. The van der Waals surface area contributed by atoms with Crippen molar-refractivity contribution in [3.05, 3.63) is 23.7 Å². The average molecular weight is 254 g/mol. The molecule has 0 spiro atoms. The van der Waals surface area contributed by atoms with E-state index in [9.17, 15) is 4.79 Å². The molecule has 0 radical (unpaired) electrons. The van der Waals surface area contributed by atoms with Crippen LogP contribution in [-0.4, -0.2) is 26.2 Å². The minimum atomic E-state index is -0.541. The number of ether oxygens (including phenoxy) is 1. The summed E-state index contributed by atoms with van der Waals surface area (Å²) < 4.78 is 6.61. The Labute approximate surface area is 103 Å². The number of carbonyl (C=O) groups is 1. The fourth-order valence-electron chi connectivity index (χ4n) is 1.37. The first kappa shape index (κ1) is 11.9. The Balaban J connectivity index is 2.40. The Kier molecular flexibility index (Phi) is 2.79. The lowest BCUT2D eigenvalue weighted by Crippen LogP contribution is -2.26. The number of fused-ring (bicyclic) bond motifs is 1. The van der Waals surface area contributed by atoms with Gasteiger partial charge in [0, 0.05) is 6.20 Å². The molecule has 17 heavy (non-hydrogen) atoms. The van der Waals surface area contributed by atoms with E-state index >= 15 is 0 Å². The maximum Gasteiger partial charge on any atom is 0.419 e. The number of nitrogens with zero attached hydrogens (tertiary/aromatic N) is 3. The largest absolute Gasteiger partial charge is 0.443 e. The number of hydrogen-bond acceptors (Lipinski definition) is 4. The molecule has 2 aromatic heterocycles. The van der Waals surface area contributed by atoms with Gasteiger partial charge in [0.25, 0.3) is 0 Å². The molecule has 0 unspecified atom stereocenters. The van der Waals surface area contributed by atoms with Crippen LogP contribution in [-0.2, 0) is 4.74 Å². The van der Waals surface area contributed by atoms with Gasteiger partial charge < -0.3 is 4.74 Å². The smallest absolute Gasteiger partial charge is 0.419 e. The van der Waals surface area contributed by atoms with E-state index in [-0.39, 0.29) is 5.28 Å². The Morgan fingerprint density at radius 3 is 2.82 bits per heavy atom. The lowest BCUT2D eigenvalue weighted by atomic mass is 10.2. The topological polar surface area (TPSA) is 57.0 Å². The van der Waals surface area contributed by atoms with E-state index < -0.39 is 11.7 Å². The molecule has 0 aliphatic rings. The minimum Gasteiger partial charge on any atom is -0.443 e. The van der Waals surface area contributed by atoms with Gasteiger partial charge in [-0.15, -0.1) is 0 Å². The summed E-state index contributed by atoms with van der Waals surface area (Å²) in [6, 6.07) is 1.69. The van der Waals surface area contributed by atoms with Crippen molar-refractivity contribution in [2.75, 3.05) is 0 Å². The first-order valence-corrected chi connectivity index (χ1v) is 5.47. The van der Waals surface area contributed by atoms with Gasteiger partial charge in [-0.05, 0) is 38.4 Å². The van der Waals surface area contributed by atoms with Crippen molar-refractivity contribution in [1.82, 2.24) is 14.5 Å². The molecule has 0 saturated heterocycles. The molecule has 0 aliphatic carbocycles. The van der Waals surface area contributed by atoms with E-state index in [0.717, 1.165) is 0 Å². The molecule has 0 N–H and O–H groups in total. The van der Waals surface area contributed by atoms with Crippen LogP contribution in [0.15, 0.2) is 18.5 Å². The third kappa shape index (κ3) is 2.55. The highest BCUT2D eigenvalue weighted by Gasteiger charge is 2.19. The van der Waals surface area contributed by atoms with Crippen LogP contribution < -0.4 is 0 Å². The number of hydrogen-bond donors (Lipinski definition) is 0. The van der Waals surface area contributed by atoms with Crippen molar-refractivity contribution in [2.24, 2.45) is 0 Å². The molecule has 0 amide bonds. The van der Waals surface area contributed by atoms with E-state index in [1.807, 2.05) is 20.8 Å². The summed E-state index contributed by atoms with van der Waals surface area (Å²) >= 11 is 5.67. The molecule has 0 aromatic carbocycles. The molecule has 6 heteroatoms. The normalized spacial score (nSPS) is 11.8. The van der Waals surface area contributed by atoms with Crippen LogP contribution in [0.2, 0.25) is 5.28 Å². The number of rotatable bonds is 0. The molecule has 5 nitrogen and oxygen atoms in total. The summed E-state index contributed by atoms with van der Waals surface area (Å²) in [7, 11) is 0. The second kappa shape index (κ2) is 4.00. The van der Waals surface area contributed by atoms with Crippen LogP contribution in [0, 0.1) is 0 Å². The fourth-order valence-corrected chi connectivity index (χ4v) is 1.51. The maximum atomic E-state index is 11.9. The monoisotopic (exact) mass is 253 g/mol. The zero-order valence-corrected chi connectivity index (χ0v) is 10.5. The predicted molar refractivity (Wildman–Crippen MR) is 64.2 cm³/mol. The van der Waals surface area contributed by atoms with E-state index in [0.29, 0.717) is 11.0 Å². The molecule has 0 bridgehead atoms. The third-order valence-corrected chi connectivity index (χ3v) is 2.18. The maximum absolute atomic E-state index is 11.9. The standard InChI is InChI=1S/C11H12ClN3O2/c1-11(2,3)17-10(16)15-5-4-7-8(15)6-13-9(12)14-7/h4-6H,1-3H3. The van der Waals surface area contributed by atoms with Gasteiger partial charge in [0.2, 0.25) is 5.28 Å². The molecule has 0 fully saturated rings. The average Bonchev–Trinajstić information content (AvgIpc) is 2.57. The quantitative estimate of drug-likeness (QED) is 0.678. The van der Waals surface area contributed by atoms with Gasteiger partial charge in [-0.3, -0.25) is 0 Å². The third-order valence-electron chi connectivity index (χ3n) is 2.00. The summed E-state index contributed by atoms with van der Waals surface area (Å²) in [5.41, 5.74) is 0.639. The van der Waals surface area contributed by atoms with Gasteiger partial charge in [-0.25, -0.2) is 19.3 Å². The summed E-state index contributed by atoms with van der Waals surface area (Å²) in [4.78, 5) is 19.7. The zero-order chi connectivity index (χ0) is 12.6. The second-order valence-electron chi connectivity index (χ2n) is 4.58. The van der Waals surface area contributed by atoms with Gasteiger partial charge in [-0.1, -0.05) is 0 Å². The molecular formula is C11H12ClN3O2. The van der Waals surface area contributed by atoms with Crippen molar-refractivity contribution in [2.45, 2.75) is 26.4 Å². The van der Waals surface area contributed by atoms with E-state index in [1.54, 1.807) is 12.3 Å². The van der Waals surface area contributed by atoms with Crippen LogP contribution in [0.4, 0.5) is 4.79 Å². The number of aromatic nitrogens is 3. The predicted octanol–water partition coefficient (Wildman–Crippen LogP) is 2.87. The van der Waals surface area contributed by atoms with Crippen LogP contribution in [0.1, 0.15) is 20.8 Å². The summed E-state index contributed by atoms with van der Waals surface area (Å²) in [5.74, 6) is 0. The van der Waals surface area contributed by atoms with Gasteiger partial charge in [-0.2, -0.15) is 0 Å². The summed E-state index contributed by atoms with van der Waals surface area (Å²) in [5, 5.41) is 0.152. The highest BCUT2D eigenvalue weighted by Crippen LogP contribution is 2.17. The van der Waals surface area contributed by atoms with Crippen molar-refractivity contribution in [1.29, 1.82) is 0 Å². The summed E-state index contributed by atoms with van der Waals surface area (Å²) in [6.07, 6.45) is 2.62. The zero-order valence-electron chi connectivity index (χ0n) is 9.77. The van der Waals surface area contributed by atoms with Crippen LogP contribution in [0.25, 0.3) is 11.0 Å². The van der Waals surface area contributed by atoms with Crippen molar-refractivity contribution < 1.29 is 9.53 Å². The highest BCUT2D eigenvalue weighted by molar-refractivity contribution is 6.28.